The molecule has 0 N–H and O–H groups in total. The van der Waals surface area contributed by atoms with Gasteiger partial charge in [-0.3, -0.25) is 4.79 Å². The number of hydrogen-bond donors (Lipinski definition) is 0. The lowest BCUT2D eigenvalue weighted by Crippen LogP contribution is -2.23. The molecule has 3 aromatic carbocycles. The Balaban J connectivity index is 1.45. The molecule has 0 radical (unpaired) electrons. The van der Waals surface area contributed by atoms with Gasteiger partial charge in [-0.05, 0) is 36.4 Å². The smallest absolute Gasteiger partial charge is 0.318 e. The Labute approximate surface area is 165 Å². The second-order valence-electron chi connectivity index (χ2n) is 6.08. The molecule has 4 rings (SSSR count). The fraction of sp³-hybridized carbons (Fsp3) is 0.136. The van der Waals surface area contributed by atoms with Crippen molar-refractivity contribution in [3.05, 3.63) is 88.4 Å². The zero-order valence-electron chi connectivity index (χ0n) is 14.4. The molecule has 0 fully saturated rings. The zero-order chi connectivity index (χ0) is 18.6. The number of ether oxygens (including phenoxy) is 3. The third-order valence-corrected chi connectivity index (χ3v) is 4.85. The molecule has 0 atom stereocenters. The number of benzene rings is 3. The van der Waals surface area contributed by atoms with E-state index in [4.69, 9.17) is 14.2 Å². The largest absolute Gasteiger partial charge is 0.490 e. The van der Waals surface area contributed by atoms with E-state index in [2.05, 4.69) is 15.9 Å². The van der Waals surface area contributed by atoms with Crippen LogP contribution in [0.1, 0.15) is 17.0 Å². The third kappa shape index (κ3) is 3.83. The minimum absolute atomic E-state index is 0.177. The van der Waals surface area contributed by atoms with Crippen molar-refractivity contribution in [2.45, 2.75) is 5.92 Å². The molecule has 0 unspecified atom stereocenters. The maximum atomic E-state index is 12.8. The first kappa shape index (κ1) is 17.6. The molecule has 0 saturated carbocycles. The summed E-state index contributed by atoms with van der Waals surface area (Å²) < 4.78 is 18.0. The van der Waals surface area contributed by atoms with E-state index in [1.54, 1.807) is 0 Å². The van der Waals surface area contributed by atoms with Gasteiger partial charge in [-0.25, -0.2) is 0 Å². The number of halogens is 1. The Bertz CT molecular complexity index is 907. The number of para-hydroxylation sites is 2. The van der Waals surface area contributed by atoms with Crippen LogP contribution < -0.4 is 9.47 Å². The van der Waals surface area contributed by atoms with Crippen molar-refractivity contribution < 1.29 is 19.0 Å². The molecular weight excluding hydrogens is 408 g/mol. The molecule has 0 aromatic heterocycles. The van der Waals surface area contributed by atoms with Crippen molar-refractivity contribution in [2.24, 2.45) is 0 Å². The first-order valence-corrected chi connectivity index (χ1v) is 9.42. The normalized spacial score (nSPS) is 12.5. The molecule has 5 heteroatoms. The number of carbonyl (C=O) groups is 1. The highest BCUT2D eigenvalue weighted by molar-refractivity contribution is 9.10. The summed E-state index contributed by atoms with van der Waals surface area (Å²) in [6.45, 7) is 0.469. The topological polar surface area (TPSA) is 44.8 Å². The first-order chi connectivity index (χ1) is 13.2. The Morgan fingerprint density at radius 3 is 2.07 bits per heavy atom. The van der Waals surface area contributed by atoms with Crippen LogP contribution in [-0.2, 0) is 9.53 Å². The first-order valence-electron chi connectivity index (χ1n) is 8.63. The lowest BCUT2D eigenvalue weighted by Gasteiger charge is -2.26. The van der Waals surface area contributed by atoms with Gasteiger partial charge < -0.3 is 14.2 Å². The SMILES string of the molecule is O=C(OCCOc1ccc(Br)cc1)C1c2ccccc2Oc2ccccc21. The van der Waals surface area contributed by atoms with E-state index < -0.39 is 5.92 Å². The summed E-state index contributed by atoms with van der Waals surface area (Å²) in [4.78, 5) is 12.8. The Morgan fingerprint density at radius 2 is 1.44 bits per heavy atom. The minimum Gasteiger partial charge on any atom is -0.490 e. The Morgan fingerprint density at radius 1 is 0.852 bits per heavy atom. The molecule has 1 aliphatic rings. The van der Waals surface area contributed by atoms with Gasteiger partial charge in [0.2, 0.25) is 0 Å². The van der Waals surface area contributed by atoms with Gasteiger partial charge in [-0.15, -0.1) is 0 Å². The summed E-state index contributed by atoms with van der Waals surface area (Å²) in [6, 6.07) is 22.6. The van der Waals surface area contributed by atoms with E-state index >= 15 is 0 Å². The molecule has 4 nitrogen and oxygen atoms in total. The number of carbonyl (C=O) groups excluding carboxylic acids is 1. The molecule has 0 saturated heterocycles. The van der Waals surface area contributed by atoms with Gasteiger partial charge in [0.15, 0.2) is 0 Å². The Kier molecular flexibility index (Phi) is 5.12. The van der Waals surface area contributed by atoms with E-state index in [1.807, 2.05) is 72.8 Å². The van der Waals surface area contributed by atoms with Crippen LogP contribution in [0.25, 0.3) is 0 Å². The standard InChI is InChI=1S/C22H17BrO4/c23-15-9-11-16(12-10-15)25-13-14-26-22(24)21-17-5-1-3-7-19(17)27-20-8-4-2-6-18(20)21/h1-12,21H,13-14H2. The summed E-state index contributed by atoms with van der Waals surface area (Å²) in [7, 11) is 0. The molecule has 3 aromatic rings. The fourth-order valence-corrected chi connectivity index (χ4v) is 3.34. The average molecular weight is 425 g/mol. The number of rotatable bonds is 5. The van der Waals surface area contributed by atoms with Crippen LogP contribution >= 0.6 is 15.9 Å². The summed E-state index contributed by atoms with van der Waals surface area (Å²) >= 11 is 3.38. The summed E-state index contributed by atoms with van der Waals surface area (Å²) in [5.74, 6) is 1.29. The molecule has 1 aliphatic heterocycles. The molecule has 136 valence electrons. The maximum Gasteiger partial charge on any atom is 0.318 e. The third-order valence-electron chi connectivity index (χ3n) is 4.33. The molecule has 0 spiro atoms. The van der Waals surface area contributed by atoms with Crippen molar-refractivity contribution in [3.8, 4) is 17.2 Å². The van der Waals surface area contributed by atoms with Crippen molar-refractivity contribution in [2.75, 3.05) is 13.2 Å². The Hall–Kier alpha value is -2.79. The van der Waals surface area contributed by atoms with Crippen LogP contribution in [0, 0.1) is 0 Å². The second-order valence-corrected chi connectivity index (χ2v) is 7.00. The predicted molar refractivity (Wildman–Crippen MR) is 105 cm³/mol. The lowest BCUT2D eigenvalue weighted by atomic mass is 9.88. The molecule has 1 heterocycles. The highest BCUT2D eigenvalue weighted by Crippen LogP contribution is 2.44. The summed E-state index contributed by atoms with van der Waals surface area (Å²) in [5, 5.41) is 0. The molecule has 0 amide bonds. The summed E-state index contributed by atoms with van der Waals surface area (Å²) in [6.07, 6.45) is 0. The van der Waals surface area contributed by atoms with Crippen molar-refractivity contribution >= 4 is 21.9 Å². The predicted octanol–water partition coefficient (Wildman–Crippen LogP) is 5.31. The zero-order valence-corrected chi connectivity index (χ0v) is 16.0. The van der Waals surface area contributed by atoms with Crippen molar-refractivity contribution in [1.29, 1.82) is 0 Å². The van der Waals surface area contributed by atoms with Gasteiger partial charge in [0.25, 0.3) is 0 Å². The van der Waals surface area contributed by atoms with E-state index in [1.165, 1.54) is 0 Å². The van der Waals surface area contributed by atoms with Crippen LogP contribution in [-0.4, -0.2) is 19.2 Å². The van der Waals surface area contributed by atoms with Crippen LogP contribution in [0.3, 0.4) is 0 Å². The van der Waals surface area contributed by atoms with Gasteiger partial charge in [-0.1, -0.05) is 52.3 Å². The van der Waals surface area contributed by atoms with Crippen molar-refractivity contribution in [1.82, 2.24) is 0 Å². The number of esters is 1. The van der Waals surface area contributed by atoms with Gasteiger partial charge in [0.1, 0.15) is 36.4 Å². The quantitative estimate of drug-likeness (QED) is 0.411. The van der Waals surface area contributed by atoms with Crippen LogP contribution in [0.4, 0.5) is 0 Å². The molecular formula is C22H17BrO4. The minimum atomic E-state index is -0.501. The van der Waals surface area contributed by atoms with Gasteiger partial charge in [0, 0.05) is 15.6 Å². The number of fused-ring (bicyclic) bond motifs is 2. The monoisotopic (exact) mass is 424 g/mol. The van der Waals surface area contributed by atoms with Gasteiger partial charge in [-0.2, -0.15) is 0 Å². The highest BCUT2D eigenvalue weighted by Gasteiger charge is 2.33. The summed E-state index contributed by atoms with van der Waals surface area (Å²) in [5.41, 5.74) is 1.63. The molecule has 0 bridgehead atoms. The second kappa shape index (κ2) is 7.84. The molecule has 0 aliphatic carbocycles. The molecule has 27 heavy (non-hydrogen) atoms. The van der Waals surface area contributed by atoms with Gasteiger partial charge in [0.05, 0.1) is 0 Å². The number of hydrogen-bond acceptors (Lipinski definition) is 4. The van der Waals surface area contributed by atoms with Crippen molar-refractivity contribution in [3.63, 3.8) is 0 Å². The van der Waals surface area contributed by atoms with Crippen LogP contribution in [0.5, 0.6) is 17.2 Å². The average Bonchev–Trinajstić information content (AvgIpc) is 2.70. The van der Waals surface area contributed by atoms with E-state index in [9.17, 15) is 4.79 Å². The van der Waals surface area contributed by atoms with Crippen LogP contribution in [0.15, 0.2) is 77.3 Å². The van der Waals surface area contributed by atoms with Gasteiger partial charge >= 0.3 is 5.97 Å². The fourth-order valence-electron chi connectivity index (χ4n) is 3.08. The van der Waals surface area contributed by atoms with E-state index in [0.717, 1.165) is 21.3 Å². The lowest BCUT2D eigenvalue weighted by molar-refractivity contribution is -0.145. The highest BCUT2D eigenvalue weighted by atomic mass is 79.9. The van der Waals surface area contributed by atoms with E-state index in [-0.39, 0.29) is 12.6 Å². The van der Waals surface area contributed by atoms with Crippen LogP contribution in [0.2, 0.25) is 0 Å². The van der Waals surface area contributed by atoms with E-state index in [0.29, 0.717) is 18.1 Å². The maximum absolute atomic E-state index is 12.8.